The van der Waals surface area contributed by atoms with E-state index in [2.05, 4.69) is 25.1 Å². The summed E-state index contributed by atoms with van der Waals surface area (Å²) in [5, 5.41) is 1.78. The van der Waals surface area contributed by atoms with E-state index < -0.39 is 0 Å². The third kappa shape index (κ3) is 2.32. The van der Waals surface area contributed by atoms with Gasteiger partial charge >= 0.3 is 6.03 Å². The van der Waals surface area contributed by atoms with E-state index >= 15 is 0 Å². The van der Waals surface area contributed by atoms with Crippen LogP contribution in [0.25, 0.3) is 10.9 Å². The lowest BCUT2D eigenvalue weighted by Gasteiger charge is -2.25. The van der Waals surface area contributed by atoms with Crippen LogP contribution < -0.4 is 4.90 Å². The van der Waals surface area contributed by atoms with Crippen molar-refractivity contribution in [2.75, 3.05) is 4.90 Å². The number of hydrogen-bond donors (Lipinski definition) is 0. The molecule has 1 atom stereocenters. The molecular formula is C23H17ClN2O. The Balaban J connectivity index is 1.80. The van der Waals surface area contributed by atoms with Crippen LogP contribution in [-0.4, -0.2) is 10.6 Å². The van der Waals surface area contributed by atoms with Gasteiger partial charge in [0, 0.05) is 16.1 Å². The first-order chi connectivity index (χ1) is 13.2. The zero-order chi connectivity index (χ0) is 18.5. The topological polar surface area (TPSA) is 25.2 Å². The Bertz CT molecular complexity index is 1160. The van der Waals surface area contributed by atoms with Crippen LogP contribution >= 0.6 is 11.6 Å². The van der Waals surface area contributed by atoms with Crippen LogP contribution in [0.1, 0.15) is 22.9 Å². The van der Waals surface area contributed by atoms with Crippen molar-refractivity contribution in [1.29, 1.82) is 0 Å². The Kier molecular flexibility index (Phi) is 3.59. The van der Waals surface area contributed by atoms with Gasteiger partial charge in [-0.1, -0.05) is 60.1 Å². The van der Waals surface area contributed by atoms with E-state index in [0.717, 1.165) is 33.4 Å². The number of halogens is 1. The first-order valence-corrected chi connectivity index (χ1v) is 9.28. The zero-order valence-corrected chi connectivity index (χ0v) is 15.5. The van der Waals surface area contributed by atoms with E-state index in [-0.39, 0.29) is 12.1 Å². The lowest BCUT2D eigenvalue weighted by Crippen LogP contribution is -2.30. The van der Waals surface area contributed by atoms with Crippen LogP contribution in [0.5, 0.6) is 0 Å². The summed E-state index contributed by atoms with van der Waals surface area (Å²) in [5.41, 5.74) is 5.05. The Morgan fingerprint density at radius 1 is 0.852 bits per heavy atom. The van der Waals surface area contributed by atoms with Crippen molar-refractivity contribution in [1.82, 2.24) is 4.57 Å². The minimum atomic E-state index is -0.174. The second-order valence-electron chi connectivity index (χ2n) is 6.81. The number of carbonyl (C=O) groups is 1. The average molecular weight is 373 g/mol. The second kappa shape index (κ2) is 6.00. The molecular weight excluding hydrogens is 356 g/mol. The van der Waals surface area contributed by atoms with Gasteiger partial charge in [-0.15, -0.1) is 0 Å². The van der Waals surface area contributed by atoms with Crippen molar-refractivity contribution >= 4 is 34.2 Å². The predicted octanol–water partition coefficient (Wildman–Crippen LogP) is 6.18. The molecule has 0 fully saturated rings. The first kappa shape index (κ1) is 16.2. The number of fused-ring (bicyclic) bond motifs is 3. The van der Waals surface area contributed by atoms with Crippen molar-refractivity contribution in [3.63, 3.8) is 0 Å². The molecule has 3 nitrogen and oxygen atoms in total. The number of aromatic nitrogens is 1. The van der Waals surface area contributed by atoms with Gasteiger partial charge in [0.1, 0.15) is 6.04 Å². The van der Waals surface area contributed by atoms with Gasteiger partial charge in [-0.25, -0.2) is 4.79 Å². The largest absolute Gasteiger partial charge is 0.334 e. The van der Waals surface area contributed by atoms with Gasteiger partial charge in [-0.3, -0.25) is 9.47 Å². The summed E-state index contributed by atoms with van der Waals surface area (Å²) >= 11 is 6.07. The average Bonchev–Trinajstić information content (AvgIpc) is 3.17. The molecule has 3 aromatic carbocycles. The van der Waals surface area contributed by atoms with Crippen molar-refractivity contribution in [3.05, 3.63) is 101 Å². The van der Waals surface area contributed by atoms with Crippen LogP contribution in [0, 0.1) is 6.92 Å². The van der Waals surface area contributed by atoms with E-state index in [1.165, 1.54) is 0 Å². The molecule has 1 aliphatic heterocycles. The summed E-state index contributed by atoms with van der Waals surface area (Å²) in [6.07, 6.45) is 0. The number of nitrogens with zero attached hydrogens (tertiary/aromatic N) is 2. The van der Waals surface area contributed by atoms with Crippen LogP contribution in [0.4, 0.5) is 10.5 Å². The van der Waals surface area contributed by atoms with E-state index in [0.29, 0.717) is 5.02 Å². The smallest absolute Gasteiger partial charge is 0.281 e. The lowest BCUT2D eigenvalue weighted by atomic mass is 9.99. The normalized spacial score (nSPS) is 16.1. The molecule has 0 aliphatic carbocycles. The number of carbonyl (C=O) groups excluding carboxylic acids is 1. The Labute approximate surface area is 162 Å². The molecule has 4 heteroatoms. The summed E-state index contributed by atoms with van der Waals surface area (Å²) in [5.74, 6) is 0. The highest BCUT2D eigenvalue weighted by atomic mass is 35.5. The molecule has 2 heterocycles. The number of amides is 1. The molecule has 4 aromatic rings. The summed E-state index contributed by atoms with van der Waals surface area (Å²) in [6, 6.07) is 25.5. The molecule has 1 aliphatic rings. The second-order valence-corrected chi connectivity index (χ2v) is 7.24. The van der Waals surface area contributed by atoms with E-state index in [1.54, 1.807) is 0 Å². The van der Waals surface area contributed by atoms with Crippen LogP contribution in [0.2, 0.25) is 5.02 Å². The maximum atomic E-state index is 13.5. The van der Waals surface area contributed by atoms with Gasteiger partial charge in [0.2, 0.25) is 0 Å². The van der Waals surface area contributed by atoms with E-state index in [1.807, 2.05) is 70.1 Å². The van der Waals surface area contributed by atoms with Gasteiger partial charge in [0.25, 0.3) is 0 Å². The fourth-order valence-corrected chi connectivity index (χ4v) is 4.22. The van der Waals surface area contributed by atoms with Gasteiger partial charge < -0.3 is 0 Å². The fraction of sp³-hybridized carbons (Fsp3) is 0.0870. The van der Waals surface area contributed by atoms with Crippen LogP contribution in [0.15, 0.2) is 78.9 Å². The fourth-order valence-electron chi connectivity index (χ4n) is 4.10. The number of aryl methyl sites for hydroxylation is 1. The van der Waals surface area contributed by atoms with E-state index in [4.69, 9.17) is 11.6 Å². The number of hydrogen-bond acceptors (Lipinski definition) is 1. The molecule has 0 unspecified atom stereocenters. The lowest BCUT2D eigenvalue weighted by molar-refractivity contribution is 0.251. The predicted molar refractivity (Wildman–Crippen MR) is 110 cm³/mol. The van der Waals surface area contributed by atoms with Gasteiger partial charge in [-0.05, 0) is 48.4 Å². The third-order valence-electron chi connectivity index (χ3n) is 5.31. The molecule has 1 aromatic heterocycles. The molecule has 0 spiro atoms. The Morgan fingerprint density at radius 2 is 1.52 bits per heavy atom. The maximum absolute atomic E-state index is 13.5. The molecule has 0 N–H and O–H groups in total. The molecule has 5 rings (SSSR count). The minimum absolute atomic E-state index is 0.0366. The molecule has 0 bridgehead atoms. The van der Waals surface area contributed by atoms with Crippen molar-refractivity contribution in [2.45, 2.75) is 13.0 Å². The molecule has 0 saturated heterocycles. The quantitative estimate of drug-likeness (QED) is 0.412. The number of rotatable bonds is 2. The van der Waals surface area contributed by atoms with Crippen molar-refractivity contribution in [2.24, 2.45) is 0 Å². The molecule has 132 valence electrons. The van der Waals surface area contributed by atoms with Crippen LogP contribution in [0.3, 0.4) is 0 Å². The third-order valence-corrected chi connectivity index (χ3v) is 5.56. The molecule has 0 radical (unpaired) electrons. The molecule has 1 amide bonds. The van der Waals surface area contributed by atoms with E-state index in [9.17, 15) is 4.79 Å². The Hall–Kier alpha value is -3.04. The highest BCUT2D eigenvalue weighted by molar-refractivity contribution is 6.30. The SMILES string of the molecule is Cc1c2n(c3ccccc13)C(=O)N(c1ccc(Cl)cc1)[C@@H]2c1ccccc1. The minimum Gasteiger partial charge on any atom is -0.281 e. The maximum Gasteiger partial charge on any atom is 0.334 e. The highest BCUT2D eigenvalue weighted by Gasteiger charge is 2.41. The van der Waals surface area contributed by atoms with Crippen molar-refractivity contribution in [3.8, 4) is 0 Å². The van der Waals surface area contributed by atoms with Gasteiger partial charge in [0.05, 0.1) is 11.2 Å². The monoisotopic (exact) mass is 372 g/mol. The summed E-state index contributed by atoms with van der Waals surface area (Å²) < 4.78 is 1.86. The summed E-state index contributed by atoms with van der Waals surface area (Å²) in [7, 11) is 0. The van der Waals surface area contributed by atoms with Gasteiger partial charge in [-0.2, -0.15) is 0 Å². The standard InChI is InChI=1S/C23H17ClN2O/c1-15-19-9-5-6-10-20(19)26-21(15)22(16-7-3-2-4-8-16)25(23(26)27)18-13-11-17(24)12-14-18/h2-14,22H,1H3/t22-/m1/s1. The number of anilines is 1. The van der Waals surface area contributed by atoms with Crippen LogP contribution in [-0.2, 0) is 0 Å². The molecule has 27 heavy (non-hydrogen) atoms. The number of para-hydroxylation sites is 1. The van der Waals surface area contributed by atoms with Gasteiger partial charge in [0.15, 0.2) is 0 Å². The summed E-state index contributed by atoms with van der Waals surface area (Å²) in [6.45, 7) is 2.10. The zero-order valence-electron chi connectivity index (χ0n) is 14.8. The highest BCUT2D eigenvalue weighted by Crippen LogP contribution is 2.44. The van der Waals surface area contributed by atoms with Crippen molar-refractivity contribution < 1.29 is 4.79 Å². The molecule has 0 saturated carbocycles. The summed E-state index contributed by atoms with van der Waals surface area (Å²) in [4.78, 5) is 15.4. The first-order valence-electron chi connectivity index (χ1n) is 8.91. The number of benzene rings is 3. The Morgan fingerprint density at radius 3 is 2.26 bits per heavy atom.